The predicted octanol–water partition coefficient (Wildman–Crippen LogP) is 3.81. The molecular weight excluding hydrogens is 332 g/mol. The molecule has 0 saturated heterocycles. The fraction of sp³-hybridized carbons (Fsp3) is 0.286. The standard InChI is InChI=1S/C21H22O5/c1-15(2)26-21(24)14-25-20(23)13-12-19(22)18-10-8-17(9-11-18)16-6-4-3-5-7-16/h3-11,15H,12-14H2,1-2H3. The molecule has 0 aliphatic carbocycles. The maximum atomic E-state index is 12.2. The van der Waals surface area contributed by atoms with E-state index in [4.69, 9.17) is 9.47 Å². The van der Waals surface area contributed by atoms with Crippen LogP contribution in [0.2, 0.25) is 0 Å². The van der Waals surface area contributed by atoms with Crippen LogP contribution in [-0.2, 0) is 19.1 Å². The lowest BCUT2D eigenvalue weighted by Crippen LogP contribution is -2.19. The summed E-state index contributed by atoms with van der Waals surface area (Å²) in [5.41, 5.74) is 2.63. The number of Topliss-reactive ketones (excluding diaryl/α,β-unsaturated/α-hetero) is 1. The van der Waals surface area contributed by atoms with E-state index in [0.717, 1.165) is 11.1 Å². The van der Waals surface area contributed by atoms with Gasteiger partial charge in [-0.15, -0.1) is 0 Å². The number of esters is 2. The van der Waals surface area contributed by atoms with E-state index in [9.17, 15) is 14.4 Å². The minimum atomic E-state index is -0.601. The van der Waals surface area contributed by atoms with Crippen LogP contribution in [0.15, 0.2) is 54.6 Å². The lowest BCUT2D eigenvalue weighted by Gasteiger charge is -2.08. The van der Waals surface area contributed by atoms with E-state index in [-0.39, 0.29) is 24.7 Å². The summed E-state index contributed by atoms with van der Waals surface area (Å²) in [5.74, 6) is -1.34. The van der Waals surface area contributed by atoms with Crippen LogP contribution in [0.4, 0.5) is 0 Å². The Bertz CT molecular complexity index is 748. The van der Waals surface area contributed by atoms with Crippen molar-refractivity contribution in [1.29, 1.82) is 0 Å². The molecule has 26 heavy (non-hydrogen) atoms. The number of carbonyl (C=O) groups is 3. The molecule has 0 radical (unpaired) electrons. The van der Waals surface area contributed by atoms with Crippen LogP contribution in [0, 0.1) is 0 Å². The van der Waals surface area contributed by atoms with E-state index in [1.165, 1.54) is 0 Å². The highest BCUT2D eigenvalue weighted by Gasteiger charge is 2.13. The van der Waals surface area contributed by atoms with Crippen molar-refractivity contribution < 1.29 is 23.9 Å². The molecule has 0 unspecified atom stereocenters. The molecule has 0 bridgehead atoms. The van der Waals surface area contributed by atoms with Gasteiger partial charge in [0.05, 0.1) is 12.5 Å². The number of hydrogen-bond acceptors (Lipinski definition) is 5. The first kappa shape index (κ1) is 19.4. The zero-order valence-electron chi connectivity index (χ0n) is 14.9. The molecule has 2 aromatic rings. The largest absolute Gasteiger partial charge is 0.460 e. The van der Waals surface area contributed by atoms with Crippen LogP contribution < -0.4 is 0 Å². The van der Waals surface area contributed by atoms with Gasteiger partial charge in [-0.25, -0.2) is 4.79 Å². The van der Waals surface area contributed by atoms with E-state index in [1.54, 1.807) is 26.0 Å². The Morgan fingerprint density at radius 3 is 2.04 bits per heavy atom. The maximum Gasteiger partial charge on any atom is 0.344 e. The Morgan fingerprint density at radius 2 is 1.42 bits per heavy atom. The van der Waals surface area contributed by atoms with Crippen LogP contribution >= 0.6 is 0 Å². The lowest BCUT2D eigenvalue weighted by atomic mass is 10.0. The van der Waals surface area contributed by atoms with Gasteiger partial charge in [0.25, 0.3) is 0 Å². The fourth-order valence-corrected chi connectivity index (χ4v) is 2.35. The molecule has 0 aliphatic rings. The minimum absolute atomic E-state index is 0.0305. The number of ether oxygens (including phenoxy) is 2. The van der Waals surface area contributed by atoms with Gasteiger partial charge in [0, 0.05) is 12.0 Å². The molecule has 0 N–H and O–H groups in total. The topological polar surface area (TPSA) is 69.7 Å². The first-order chi connectivity index (χ1) is 12.5. The van der Waals surface area contributed by atoms with Crippen molar-refractivity contribution in [3.63, 3.8) is 0 Å². The van der Waals surface area contributed by atoms with Gasteiger partial charge in [-0.05, 0) is 25.0 Å². The minimum Gasteiger partial charge on any atom is -0.460 e. The van der Waals surface area contributed by atoms with Crippen molar-refractivity contribution in [2.45, 2.75) is 32.8 Å². The van der Waals surface area contributed by atoms with Gasteiger partial charge >= 0.3 is 11.9 Å². The second kappa shape index (κ2) is 9.51. The zero-order chi connectivity index (χ0) is 18.9. The van der Waals surface area contributed by atoms with Crippen molar-refractivity contribution in [3.05, 3.63) is 60.2 Å². The Balaban J connectivity index is 1.80. The van der Waals surface area contributed by atoms with E-state index in [1.807, 2.05) is 42.5 Å². The quantitative estimate of drug-likeness (QED) is 0.532. The molecule has 0 spiro atoms. The third-order valence-electron chi connectivity index (χ3n) is 3.59. The number of rotatable bonds is 8. The molecule has 0 amide bonds. The highest BCUT2D eigenvalue weighted by atomic mass is 16.6. The average molecular weight is 354 g/mol. The number of carbonyl (C=O) groups excluding carboxylic acids is 3. The van der Waals surface area contributed by atoms with Crippen LogP contribution in [0.1, 0.15) is 37.0 Å². The summed E-state index contributed by atoms with van der Waals surface area (Å²) in [4.78, 5) is 35.1. The highest BCUT2D eigenvalue weighted by Crippen LogP contribution is 2.20. The second-order valence-electron chi connectivity index (χ2n) is 6.07. The smallest absolute Gasteiger partial charge is 0.344 e. The molecule has 0 aliphatic heterocycles. The Kier molecular flexibility index (Phi) is 7.09. The highest BCUT2D eigenvalue weighted by molar-refractivity contribution is 5.98. The molecule has 0 saturated carbocycles. The molecule has 2 aromatic carbocycles. The van der Waals surface area contributed by atoms with Gasteiger partial charge in [0.15, 0.2) is 12.4 Å². The van der Waals surface area contributed by atoms with Gasteiger partial charge in [-0.1, -0.05) is 54.6 Å². The summed E-state index contributed by atoms with van der Waals surface area (Å²) >= 11 is 0. The van der Waals surface area contributed by atoms with Gasteiger partial charge in [-0.3, -0.25) is 9.59 Å². The number of hydrogen-bond donors (Lipinski definition) is 0. The zero-order valence-corrected chi connectivity index (χ0v) is 14.9. The van der Waals surface area contributed by atoms with Gasteiger partial charge in [0.2, 0.25) is 0 Å². The van der Waals surface area contributed by atoms with Crippen molar-refractivity contribution in [2.24, 2.45) is 0 Å². The predicted molar refractivity (Wildman–Crippen MR) is 97.6 cm³/mol. The molecule has 5 nitrogen and oxygen atoms in total. The summed E-state index contributed by atoms with van der Waals surface area (Å²) in [5, 5.41) is 0. The van der Waals surface area contributed by atoms with E-state index in [0.29, 0.717) is 5.56 Å². The first-order valence-corrected chi connectivity index (χ1v) is 8.49. The molecule has 5 heteroatoms. The summed E-state index contributed by atoms with van der Waals surface area (Å²) in [6.45, 7) is 2.99. The van der Waals surface area contributed by atoms with Crippen molar-refractivity contribution >= 4 is 17.7 Å². The van der Waals surface area contributed by atoms with Crippen molar-refractivity contribution in [1.82, 2.24) is 0 Å². The fourth-order valence-electron chi connectivity index (χ4n) is 2.35. The van der Waals surface area contributed by atoms with E-state index in [2.05, 4.69) is 0 Å². The van der Waals surface area contributed by atoms with E-state index >= 15 is 0 Å². The Labute approximate surface area is 152 Å². The second-order valence-corrected chi connectivity index (χ2v) is 6.07. The van der Waals surface area contributed by atoms with Gasteiger partial charge in [0.1, 0.15) is 0 Å². The molecular formula is C21H22O5. The summed E-state index contributed by atoms with van der Waals surface area (Å²) < 4.78 is 9.66. The van der Waals surface area contributed by atoms with Crippen molar-refractivity contribution in [3.8, 4) is 11.1 Å². The van der Waals surface area contributed by atoms with Crippen molar-refractivity contribution in [2.75, 3.05) is 6.61 Å². The molecule has 0 aromatic heterocycles. The van der Waals surface area contributed by atoms with Crippen LogP contribution in [0.3, 0.4) is 0 Å². The third kappa shape index (κ3) is 6.16. The molecule has 136 valence electrons. The number of ketones is 1. The van der Waals surface area contributed by atoms with Crippen LogP contribution in [0.25, 0.3) is 11.1 Å². The summed E-state index contributed by atoms with van der Waals surface area (Å²) in [7, 11) is 0. The monoisotopic (exact) mass is 354 g/mol. The normalized spacial score (nSPS) is 10.4. The molecule has 2 rings (SSSR count). The van der Waals surface area contributed by atoms with Gasteiger partial charge in [-0.2, -0.15) is 0 Å². The van der Waals surface area contributed by atoms with Gasteiger partial charge < -0.3 is 9.47 Å². The molecule has 0 fully saturated rings. The first-order valence-electron chi connectivity index (χ1n) is 8.49. The third-order valence-corrected chi connectivity index (χ3v) is 3.59. The molecule has 0 heterocycles. The lowest BCUT2D eigenvalue weighted by molar-refractivity contribution is -0.161. The average Bonchev–Trinajstić information content (AvgIpc) is 2.64. The summed E-state index contributed by atoms with van der Waals surface area (Å²) in [6.07, 6.45) is -0.307. The Hall–Kier alpha value is -2.95. The van der Waals surface area contributed by atoms with Crippen LogP contribution in [-0.4, -0.2) is 30.4 Å². The SMILES string of the molecule is CC(C)OC(=O)COC(=O)CCC(=O)c1ccc(-c2ccccc2)cc1. The maximum absolute atomic E-state index is 12.2. The molecule has 0 atom stereocenters. The summed E-state index contributed by atoms with van der Waals surface area (Å²) in [6, 6.07) is 17.1. The van der Waals surface area contributed by atoms with Crippen LogP contribution in [0.5, 0.6) is 0 Å². The Morgan fingerprint density at radius 1 is 0.808 bits per heavy atom. The number of benzene rings is 2. The van der Waals surface area contributed by atoms with E-state index < -0.39 is 18.5 Å².